The van der Waals surface area contributed by atoms with E-state index in [4.69, 9.17) is 5.11 Å². The number of aromatic nitrogens is 2. The summed E-state index contributed by atoms with van der Waals surface area (Å²) in [6.45, 7) is 2.11. The van der Waals surface area contributed by atoms with Gasteiger partial charge in [0.25, 0.3) is 0 Å². The van der Waals surface area contributed by atoms with Crippen molar-refractivity contribution in [2.24, 2.45) is 0 Å². The molecule has 1 aromatic heterocycles. The molecule has 0 amide bonds. The Labute approximate surface area is 87.6 Å². The van der Waals surface area contributed by atoms with Crippen LogP contribution >= 0.6 is 0 Å². The number of carboxylic acids is 1. The van der Waals surface area contributed by atoms with E-state index in [9.17, 15) is 4.79 Å². The lowest BCUT2D eigenvalue weighted by molar-refractivity contribution is 0.0690. The SMILES string of the molecule is CCC1(Nc2cncc(C(=O)O)n2)CC1. The summed E-state index contributed by atoms with van der Waals surface area (Å²) < 4.78 is 0. The van der Waals surface area contributed by atoms with Gasteiger partial charge in [-0.3, -0.25) is 4.98 Å². The number of hydrogen-bond donors (Lipinski definition) is 2. The molecular formula is C10H13N3O2. The lowest BCUT2D eigenvalue weighted by Gasteiger charge is -2.15. The monoisotopic (exact) mass is 207 g/mol. The van der Waals surface area contributed by atoms with E-state index in [1.54, 1.807) is 6.20 Å². The first-order valence-corrected chi connectivity index (χ1v) is 4.99. The zero-order valence-corrected chi connectivity index (χ0v) is 8.53. The fourth-order valence-electron chi connectivity index (χ4n) is 1.52. The highest BCUT2D eigenvalue weighted by molar-refractivity contribution is 5.85. The molecule has 0 radical (unpaired) electrons. The second kappa shape index (κ2) is 3.49. The lowest BCUT2D eigenvalue weighted by Crippen LogP contribution is -2.21. The van der Waals surface area contributed by atoms with Gasteiger partial charge < -0.3 is 10.4 Å². The molecule has 5 nitrogen and oxygen atoms in total. The van der Waals surface area contributed by atoms with Crippen LogP contribution in [0.1, 0.15) is 36.7 Å². The van der Waals surface area contributed by atoms with Crippen LogP contribution in [0.5, 0.6) is 0 Å². The third-order valence-corrected chi connectivity index (χ3v) is 2.78. The molecule has 5 heteroatoms. The van der Waals surface area contributed by atoms with Crippen molar-refractivity contribution in [2.45, 2.75) is 31.7 Å². The predicted octanol–water partition coefficient (Wildman–Crippen LogP) is 1.53. The van der Waals surface area contributed by atoms with Crippen LogP contribution in [-0.4, -0.2) is 26.6 Å². The molecule has 1 heterocycles. The lowest BCUT2D eigenvalue weighted by atomic mass is 10.2. The van der Waals surface area contributed by atoms with Gasteiger partial charge in [-0.05, 0) is 19.3 Å². The quantitative estimate of drug-likeness (QED) is 0.783. The fraction of sp³-hybridized carbons (Fsp3) is 0.500. The minimum atomic E-state index is -1.05. The van der Waals surface area contributed by atoms with Crippen LogP contribution < -0.4 is 5.32 Å². The molecule has 1 aliphatic carbocycles. The predicted molar refractivity (Wildman–Crippen MR) is 54.9 cm³/mol. The summed E-state index contributed by atoms with van der Waals surface area (Å²) in [5.41, 5.74) is 0.109. The smallest absolute Gasteiger partial charge is 0.356 e. The highest BCUT2D eigenvalue weighted by Gasteiger charge is 2.40. The Morgan fingerprint density at radius 3 is 2.87 bits per heavy atom. The highest BCUT2D eigenvalue weighted by Crippen LogP contribution is 2.41. The van der Waals surface area contributed by atoms with E-state index in [2.05, 4.69) is 22.2 Å². The summed E-state index contributed by atoms with van der Waals surface area (Å²) in [7, 11) is 0. The topological polar surface area (TPSA) is 75.1 Å². The van der Waals surface area contributed by atoms with E-state index >= 15 is 0 Å². The zero-order chi connectivity index (χ0) is 10.9. The van der Waals surface area contributed by atoms with Crippen molar-refractivity contribution >= 4 is 11.8 Å². The number of anilines is 1. The van der Waals surface area contributed by atoms with E-state index in [1.807, 2.05) is 0 Å². The van der Waals surface area contributed by atoms with Gasteiger partial charge in [0.15, 0.2) is 5.69 Å². The van der Waals surface area contributed by atoms with Crippen molar-refractivity contribution in [3.05, 3.63) is 18.1 Å². The molecule has 1 aromatic rings. The number of nitrogens with one attached hydrogen (secondary N) is 1. The maximum absolute atomic E-state index is 10.7. The molecule has 1 aliphatic rings. The van der Waals surface area contributed by atoms with E-state index < -0.39 is 5.97 Å². The third-order valence-electron chi connectivity index (χ3n) is 2.78. The number of carbonyl (C=O) groups is 1. The Balaban J connectivity index is 2.15. The Morgan fingerprint density at radius 2 is 2.33 bits per heavy atom. The van der Waals surface area contributed by atoms with Gasteiger partial charge in [0.1, 0.15) is 5.82 Å². The van der Waals surface area contributed by atoms with Crippen LogP contribution in [0.2, 0.25) is 0 Å². The molecule has 0 bridgehead atoms. The molecule has 1 fully saturated rings. The molecular weight excluding hydrogens is 194 g/mol. The van der Waals surface area contributed by atoms with Gasteiger partial charge in [-0.25, -0.2) is 9.78 Å². The molecule has 0 spiro atoms. The van der Waals surface area contributed by atoms with E-state index in [1.165, 1.54) is 6.20 Å². The van der Waals surface area contributed by atoms with Crippen molar-refractivity contribution in [3.8, 4) is 0 Å². The van der Waals surface area contributed by atoms with Crippen molar-refractivity contribution < 1.29 is 9.90 Å². The Kier molecular flexibility index (Phi) is 2.30. The molecule has 80 valence electrons. The normalized spacial score (nSPS) is 17.1. The van der Waals surface area contributed by atoms with Crippen molar-refractivity contribution in [2.75, 3.05) is 5.32 Å². The van der Waals surface area contributed by atoms with E-state index in [0.29, 0.717) is 5.82 Å². The van der Waals surface area contributed by atoms with Crippen LogP contribution in [0.3, 0.4) is 0 Å². The molecule has 0 atom stereocenters. The number of carboxylic acid groups (broad SMARTS) is 1. The average Bonchev–Trinajstić information content (AvgIpc) is 2.99. The molecule has 2 rings (SSSR count). The molecule has 1 saturated carbocycles. The summed E-state index contributed by atoms with van der Waals surface area (Å²) in [5, 5.41) is 12.0. The van der Waals surface area contributed by atoms with Gasteiger partial charge in [-0.2, -0.15) is 0 Å². The Hall–Kier alpha value is -1.65. The van der Waals surface area contributed by atoms with Crippen LogP contribution in [0.15, 0.2) is 12.4 Å². The van der Waals surface area contributed by atoms with Crippen LogP contribution in [-0.2, 0) is 0 Å². The standard InChI is InChI=1S/C10H13N3O2/c1-2-10(3-4-10)13-8-6-11-5-7(12-8)9(14)15/h5-6H,2-4H2,1H3,(H,12,13)(H,14,15). The molecule has 0 aliphatic heterocycles. The van der Waals surface area contributed by atoms with Crippen molar-refractivity contribution in [1.29, 1.82) is 0 Å². The van der Waals surface area contributed by atoms with Gasteiger partial charge in [0.05, 0.1) is 12.4 Å². The maximum atomic E-state index is 10.7. The van der Waals surface area contributed by atoms with Gasteiger partial charge in [-0.1, -0.05) is 6.92 Å². The molecule has 0 saturated heterocycles. The number of nitrogens with zero attached hydrogens (tertiary/aromatic N) is 2. The first-order chi connectivity index (χ1) is 7.15. The van der Waals surface area contributed by atoms with Gasteiger partial charge >= 0.3 is 5.97 Å². The van der Waals surface area contributed by atoms with Crippen molar-refractivity contribution in [3.63, 3.8) is 0 Å². The van der Waals surface area contributed by atoms with Crippen LogP contribution in [0, 0.1) is 0 Å². The summed E-state index contributed by atoms with van der Waals surface area (Å²) in [4.78, 5) is 18.5. The molecule has 2 N–H and O–H groups in total. The minimum Gasteiger partial charge on any atom is -0.476 e. The highest BCUT2D eigenvalue weighted by atomic mass is 16.4. The van der Waals surface area contributed by atoms with Crippen molar-refractivity contribution in [1.82, 2.24) is 9.97 Å². The summed E-state index contributed by atoms with van der Waals surface area (Å²) in [5.74, 6) is -0.498. The van der Waals surface area contributed by atoms with E-state index in [0.717, 1.165) is 19.3 Å². The number of hydrogen-bond acceptors (Lipinski definition) is 4. The summed E-state index contributed by atoms with van der Waals surface area (Å²) in [6, 6.07) is 0. The zero-order valence-electron chi connectivity index (χ0n) is 8.53. The number of aromatic carboxylic acids is 1. The van der Waals surface area contributed by atoms with Gasteiger partial charge in [0, 0.05) is 5.54 Å². The fourth-order valence-corrected chi connectivity index (χ4v) is 1.52. The Bertz CT molecular complexity index is 388. The second-order valence-electron chi connectivity index (χ2n) is 3.85. The maximum Gasteiger partial charge on any atom is 0.356 e. The summed E-state index contributed by atoms with van der Waals surface area (Å²) in [6.07, 6.45) is 6.05. The summed E-state index contributed by atoms with van der Waals surface area (Å²) >= 11 is 0. The van der Waals surface area contributed by atoms with Crippen LogP contribution in [0.4, 0.5) is 5.82 Å². The van der Waals surface area contributed by atoms with Gasteiger partial charge in [-0.15, -0.1) is 0 Å². The third kappa shape index (κ3) is 2.06. The average molecular weight is 207 g/mol. The molecule has 0 aromatic carbocycles. The Morgan fingerprint density at radius 1 is 1.60 bits per heavy atom. The first kappa shape index (κ1) is 9.89. The molecule has 0 unspecified atom stereocenters. The first-order valence-electron chi connectivity index (χ1n) is 4.99. The van der Waals surface area contributed by atoms with Crippen LogP contribution in [0.25, 0.3) is 0 Å². The molecule has 15 heavy (non-hydrogen) atoms. The van der Waals surface area contributed by atoms with E-state index in [-0.39, 0.29) is 11.2 Å². The number of rotatable bonds is 4. The van der Waals surface area contributed by atoms with Gasteiger partial charge in [0.2, 0.25) is 0 Å². The largest absolute Gasteiger partial charge is 0.476 e. The second-order valence-corrected chi connectivity index (χ2v) is 3.85. The minimum absolute atomic E-state index is 0.0214.